The first-order valence-electron chi connectivity index (χ1n) is 8.19. The van der Waals surface area contributed by atoms with Crippen molar-refractivity contribution < 1.29 is 27.5 Å². The van der Waals surface area contributed by atoms with Gasteiger partial charge < -0.3 is 15.0 Å². The van der Waals surface area contributed by atoms with Crippen LogP contribution in [0.1, 0.15) is 26.3 Å². The lowest BCUT2D eigenvalue weighted by Crippen LogP contribution is -2.52. The normalized spacial score (nSPS) is 18.0. The molecule has 9 heteroatoms. The van der Waals surface area contributed by atoms with E-state index in [9.17, 15) is 22.8 Å². The van der Waals surface area contributed by atoms with E-state index in [2.05, 4.69) is 10.1 Å². The van der Waals surface area contributed by atoms with E-state index in [1.807, 2.05) is 20.8 Å². The lowest BCUT2D eigenvalue weighted by atomic mass is 10.1. The summed E-state index contributed by atoms with van der Waals surface area (Å²) in [5.74, 6) is -0.292. The molecule has 2 rings (SSSR count). The average Bonchev–Trinajstić information content (AvgIpc) is 3.00. The summed E-state index contributed by atoms with van der Waals surface area (Å²) in [5, 5.41) is 2.84. The zero-order chi connectivity index (χ0) is 20.2. The van der Waals surface area contributed by atoms with Crippen molar-refractivity contribution in [2.75, 3.05) is 11.6 Å². The Balaban J connectivity index is 2.11. The summed E-state index contributed by atoms with van der Waals surface area (Å²) in [4.78, 5) is 26.3. The molecule has 1 aromatic carbocycles. The van der Waals surface area contributed by atoms with Gasteiger partial charge in [-0.15, -0.1) is 24.9 Å². The largest absolute Gasteiger partial charge is 0.573 e. The number of para-hydroxylation sites is 1. The number of carbonyl (C=O) groups is 2. The number of nitrogens with one attached hydrogen (secondary N) is 1. The summed E-state index contributed by atoms with van der Waals surface area (Å²) in [6.45, 7) is 5.53. The molecule has 1 aliphatic heterocycles. The van der Waals surface area contributed by atoms with E-state index in [0.29, 0.717) is 11.6 Å². The first kappa shape index (κ1) is 21.1. The van der Waals surface area contributed by atoms with E-state index in [0.717, 1.165) is 6.08 Å². The number of hydrogen-bond donors (Lipinski definition) is 1. The van der Waals surface area contributed by atoms with Crippen molar-refractivity contribution in [3.8, 4) is 5.75 Å². The summed E-state index contributed by atoms with van der Waals surface area (Å²) in [7, 11) is 0. The van der Waals surface area contributed by atoms with Gasteiger partial charge in [0.1, 0.15) is 11.8 Å². The molecule has 0 saturated carbocycles. The molecule has 0 unspecified atom stereocenters. The Kier molecular flexibility index (Phi) is 6.46. The van der Waals surface area contributed by atoms with Gasteiger partial charge in [-0.25, -0.2) is 0 Å². The molecule has 1 fully saturated rings. The van der Waals surface area contributed by atoms with Gasteiger partial charge in [-0.2, -0.15) is 0 Å². The van der Waals surface area contributed by atoms with Crippen LogP contribution in [0.15, 0.2) is 30.3 Å². The van der Waals surface area contributed by atoms with E-state index in [1.54, 1.807) is 6.07 Å². The van der Waals surface area contributed by atoms with E-state index in [1.165, 1.54) is 40.9 Å². The van der Waals surface area contributed by atoms with Crippen LogP contribution >= 0.6 is 11.8 Å². The Labute approximate surface area is 159 Å². The van der Waals surface area contributed by atoms with Gasteiger partial charge >= 0.3 is 6.36 Å². The fourth-order valence-electron chi connectivity index (χ4n) is 2.42. The minimum atomic E-state index is -4.82. The predicted molar refractivity (Wildman–Crippen MR) is 98.0 cm³/mol. The quantitative estimate of drug-likeness (QED) is 0.785. The molecule has 1 N–H and O–H groups in total. The topological polar surface area (TPSA) is 58.6 Å². The number of amides is 2. The van der Waals surface area contributed by atoms with Gasteiger partial charge in [0.05, 0.1) is 5.88 Å². The Morgan fingerprint density at radius 1 is 1.26 bits per heavy atom. The number of rotatable bonds is 4. The van der Waals surface area contributed by atoms with Crippen LogP contribution in [-0.4, -0.2) is 46.3 Å². The zero-order valence-electron chi connectivity index (χ0n) is 15.2. The number of ether oxygens (including phenoxy) is 1. The number of thioether (sulfide) groups is 1. The number of nitrogens with zero attached hydrogens (tertiary/aromatic N) is 1. The molecule has 2 amide bonds. The van der Waals surface area contributed by atoms with Crippen LogP contribution in [0.2, 0.25) is 0 Å². The summed E-state index contributed by atoms with van der Waals surface area (Å²) >= 11 is 1.44. The van der Waals surface area contributed by atoms with E-state index < -0.39 is 29.6 Å². The second kappa shape index (κ2) is 8.24. The second-order valence-electron chi connectivity index (χ2n) is 6.98. The lowest BCUT2D eigenvalue weighted by Gasteiger charge is -2.27. The maximum absolute atomic E-state index is 12.5. The molecule has 0 spiro atoms. The van der Waals surface area contributed by atoms with Crippen LogP contribution in [0, 0.1) is 0 Å². The molecule has 0 aliphatic carbocycles. The molecule has 1 atom stereocenters. The highest BCUT2D eigenvalue weighted by Gasteiger charge is 2.35. The molecule has 27 heavy (non-hydrogen) atoms. The highest BCUT2D eigenvalue weighted by atomic mass is 32.2. The van der Waals surface area contributed by atoms with Gasteiger partial charge in [0.2, 0.25) is 11.8 Å². The molecule has 1 heterocycles. The van der Waals surface area contributed by atoms with Crippen molar-refractivity contribution in [1.29, 1.82) is 0 Å². The van der Waals surface area contributed by atoms with Crippen LogP contribution in [0.4, 0.5) is 13.2 Å². The summed E-state index contributed by atoms with van der Waals surface area (Å²) < 4.78 is 41.4. The highest BCUT2D eigenvalue weighted by Crippen LogP contribution is 2.27. The third kappa shape index (κ3) is 6.50. The van der Waals surface area contributed by atoms with Crippen LogP contribution in [-0.2, 0) is 9.59 Å². The van der Waals surface area contributed by atoms with Crippen molar-refractivity contribution >= 4 is 29.7 Å². The maximum Gasteiger partial charge on any atom is 0.573 e. The molecule has 1 aromatic rings. The van der Waals surface area contributed by atoms with Crippen molar-refractivity contribution in [2.45, 2.75) is 38.7 Å². The Bertz CT molecular complexity index is 729. The van der Waals surface area contributed by atoms with Gasteiger partial charge in [0, 0.05) is 22.9 Å². The van der Waals surface area contributed by atoms with Crippen LogP contribution in [0.3, 0.4) is 0 Å². The Morgan fingerprint density at radius 3 is 2.56 bits per heavy atom. The number of hydrogen-bond acceptors (Lipinski definition) is 4. The zero-order valence-corrected chi connectivity index (χ0v) is 16.0. The molecule has 5 nitrogen and oxygen atoms in total. The summed E-state index contributed by atoms with van der Waals surface area (Å²) in [5.41, 5.74) is -0.311. The minimum absolute atomic E-state index is 0.116. The predicted octanol–water partition coefficient (Wildman–Crippen LogP) is 3.41. The molecule has 148 valence electrons. The van der Waals surface area contributed by atoms with Gasteiger partial charge in [0.15, 0.2) is 0 Å². The Morgan fingerprint density at radius 2 is 1.93 bits per heavy atom. The van der Waals surface area contributed by atoms with Gasteiger partial charge in [-0.3, -0.25) is 9.59 Å². The molecular weight excluding hydrogens is 381 g/mol. The third-order valence-electron chi connectivity index (χ3n) is 3.52. The fraction of sp³-hybridized carbons (Fsp3) is 0.444. The first-order chi connectivity index (χ1) is 12.5. The van der Waals surface area contributed by atoms with Crippen LogP contribution < -0.4 is 10.1 Å². The molecule has 1 saturated heterocycles. The van der Waals surface area contributed by atoms with E-state index >= 15 is 0 Å². The molecule has 0 aromatic heterocycles. The molecule has 0 bridgehead atoms. The van der Waals surface area contributed by atoms with Crippen molar-refractivity contribution in [1.82, 2.24) is 10.2 Å². The number of carbonyl (C=O) groups excluding carboxylic acids is 2. The average molecular weight is 402 g/mol. The SMILES string of the molecule is CC(C)(C)NC(=O)[C@@H]1CSCN1C(=O)/C=C/c1ccccc1OC(F)(F)F. The second-order valence-corrected chi connectivity index (χ2v) is 7.98. The number of benzene rings is 1. The van der Waals surface area contributed by atoms with E-state index in [-0.39, 0.29) is 11.5 Å². The summed E-state index contributed by atoms with van der Waals surface area (Å²) in [6.07, 6.45) is -2.41. The van der Waals surface area contributed by atoms with Crippen molar-refractivity contribution in [3.05, 3.63) is 35.9 Å². The number of halogens is 3. The molecule has 0 radical (unpaired) electrons. The minimum Gasteiger partial charge on any atom is -0.405 e. The van der Waals surface area contributed by atoms with Crippen molar-refractivity contribution in [2.24, 2.45) is 0 Å². The van der Waals surface area contributed by atoms with Gasteiger partial charge in [0.25, 0.3) is 0 Å². The Hall–Kier alpha value is -2.16. The van der Waals surface area contributed by atoms with Gasteiger partial charge in [-0.05, 0) is 32.9 Å². The maximum atomic E-state index is 12.5. The lowest BCUT2D eigenvalue weighted by molar-refractivity contribution is -0.274. The summed E-state index contributed by atoms with van der Waals surface area (Å²) in [6, 6.07) is 4.91. The highest BCUT2D eigenvalue weighted by molar-refractivity contribution is 7.99. The van der Waals surface area contributed by atoms with Gasteiger partial charge in [-0.1, -0.05) is 18.2 Å². The van der Waals surface area contributed by atoms with E-state index in [4.69, 9.17) is 0 Å². The third-order valence-corrected chi connectivity index (χ3v) is 4.53. The molecular formula is C18H21F3N2O3S. The molecule has 1 aliphatic rings. The van der Waals surface area contributed by atoms with Crippen molar-refractivity contribution in [3.63, 3.8) is 0 Å². The standard InChI is InChI=1S/C18H21F3N2O3S/c1-17(2,3)22-16(25)13-10-27-11-23(13)15(24)9-8-12-6-4-5-7-14(12)26-18(19,20)21/h4-9,13H,10-11H2,1-3H3,(H,22,25)/b9-8+/t13-/m0/s1. The van der Waals surface area contributed by atoms with Crippen LogP contribution in [0.5, 0.6) is 5.75 Å². The monoisotopic (exact) mass is 402 g/mol. The van der Waals surface area contributed by atoms with Crippen LogP contribution in [0.25, 0.3) is 6.08 Å². The first-order valence-corrected chi connectivity index (χ1v) is 9.35. The number of alkyl halides is 3. The smallest absolute Gasteiger partial charge is 0.405 e. The fourth-order valence-corrected chi connectivity index (χ4v) is 3.59.